The van der Waals surface area contributed by atoms with Gasteiger partial charge in [-0.3, -0.25) is 4.79 Å². The molecular formula is C11H16N4O2. The molecule has 0 saturated heterocycles. The van der Waals surface area contributed by atoms with Crippen LogP contribution in [0.3, 0.4) is 0 Å². The Balaban J connectivity index is 1.70. The van der Waals surface area contributed by atoms with E-state index in [9.17, 15) is 4.79 Å². The summed E-state index contributed by atoms with van der Waals surface area (Å²) in [5, 5.41) is 20.8. The third-order valence-corrected chi connectivity index (χ3v) is 4.06. The van der Waals surface area contributed by atoms with Gasteiger partial charge in [-0.1, -0.05) is 19.3 Å². The molecule has 1 N–H and O–H groups in total. The quantitative estimate of drug-likeness (QED) is 0.820. The van der Waals surface area contributed by atoms with Crippen LogP contribution in [-0.4, -0.2) is 31.3 Å². The summed E-state index contributed by atoms with van der Waals surface area (Å²) in [6.07, 6.45) is 6.16. The number of tetrazole rings is 1. The van der Waals surface area contributed by atoms with E-state index in [1.165, 1.54) is 19.3 Å². The minimum Gasteiger partial charge on any atom is -0.481 e. The summed E-state index contributed by atoms with van der Waals surface area (Å²) < 4.78 is 1.69. The van der Waals surface area contributed by atoms with Gasteiger partial charge in [-0.15, -0.1) is 5.10 Å². The van der Waals surface area contributed by atoms with Gasteiger partial charge in [0.25, 0.3) is 0 Å². The van der Waals surface area contributed by atoms with Crippen LogP contribution in [0, 0.1) is 11.3 Å². The molecule has 3 rings (SSSR count). The van der Waals surface area contributed by atoms with Gasteiger partial charge < -0.3 is 5.11 Å². The first-order chi connectivity index (χ1) is 8.20. The highest BCUT2D eigenvalue weighted by molar-refractivity contribution is 5.77. The minimum atomic E-state index is -0.720. The molecule has 92 valence electrons. The molecule has 1 heterocycles. The van der Waals surface area contributed by atoms with E-state index < -0.39 is 11.4 Å². The van der Waals surface area contributed by atoms with Crippen molar-refractivity contribution in [2.24, 2.45) is 11.3 Å². The second-order valence-electron chi connectivity index (χ2n) is 5.34. The molecule has 0 unspecified atom stereocenters. The molecule has 0 spiro atoms. The number of aliphatic carboxylic acids is 1. The van der Waals surface area contributed by atoms with E-state index in [-0.39, 0.29) is 0 Å². The Bertz CT molecular complexity index is 434. The van der Waals surface area contributed by atoms with E-state index >= 15 is 0 Å². The molecule has 2 fully saturated rings. The standard InChI is InChI=1S/C11H16N4O2/c16-10(17)11(4-5-11)7-15-9(12-13-14-15)6-8-2-1-3-8/h8H,1-7H2,(H,16,17). The summed E-state index contributed by atoms with van der Waals surface area (Å²) in [7, 11) is 0. The molecule has 1 aromatic heterocycles. The maximum absolute atomic E-state index is 11.1. The molecule has 6 nitrogen and oxygen atoms in total. The van der Waals surface area contributed by atoms with Gasteiger partial charge in [-0.05, 0) is 29.2 Å². The van der Waals surface area contributed by atoms with E-state index in [1.807, 2.05) is 0 Å². The van der Waals surface area contributed by atoms with Crippen molar-refractivity contribution in [3.8, 4) is 0 Å². The van der Waals surface area contributed by atoms with Gasteiger partial charge in [0.05, 0.1) is 12.0 Å². The van der Waals surface area contributed by atoms with Crippen molar-refractivity contribution < 1.29 is 9.90 Å². The SMILES string of the molecule is O=C(O)C1(Cn2nnnc2CC2CCC2)CC1. The highest BCUT2D eigenvalue weighted by Crippen LogP contribution is 2.47. The van der Waals surface area contributed by atoms with E-state index in [2.05, 4.69) is 15.5 Å². The third-order valence-electron chi connectivity index (χ3n) is 4.06. The molecule has 0 aromatic carbocycles. The Morgan fingerprint density at radius 3 is 2.76 bits per heavy atom. The zero-order chi connectivity index (χ0) is 11.9. The maximum Gasteiger partial charge on any atom is 0.311 e. The van der Waals surface area contributed by atoms with Gasteiger partial charge in [-0.25, -0.2) is 4.68 Å². The first-order valence-corrected chi connectivity index (χ1v) is 6.18. The maximum atomic E-state index is 11.1. The lowest BCUT2D eigenvalue weighted by Gasteiger charge is -2.24. The number of aromatic nitrogens is 4. The van der Waals surface area contributed by atoms with Crippen LogP contribution in [0.1, 0.15) is 37.9 Å². The number of rotatable bonds is 5. The highest BCUT2D eigenvalue weighted by Gasteiger charge is 2.51. The van der Waals surface area contributed by atoms with Gasteiger partial charge in [0.2, 0.25) is 0 Å². The molecule has 2 aliphatic rings. The average molecular weight is 236 g/mol. The Labute approximate surface area is 99.0 Å². The van der Waals surface area contributed by atoms with Crippen LogP contribution in [-0.2, 0) is 17.8 Å². The second-order valence-corrected chi connectivity index (χ2v) is 5.34. The zero-order valence-electron chi connectivity index (χ0n) is 9.67. The second kappa shape index (κ2) is 3.78. The summed E-state index contributed by atoms with van der Waals surface area (Å²) in [5.74, 6) is 0.824. The molecule has 17 heavy (non-hydrogen) atoms. The monoisotopic (exact) mass is 236 g/mol. The fourth-order valence-electron chi connectivity index (χ4n) is 2.32. The van der Waals surface area contributed by atoms with E-state index in [0.29, 0.717) is 12.5 Å². The number of carbonyl (C=O) groups is 1. The Morgan fingerprint density at radius 1 is 1.47 bits per heavy atom. The average Bonchev–Trinajstić information content (AvgIpc) is 2.88. The number of nitrogens with zero attached hydrogens (tertiary/aromatic N) is 4. The van der Waals surface area contributed by atoms with Crippen molar-refractivity contribution in [2.45, 2.75) is 45.1 Å². The molecule has 0 amide bonds. The zero-order valence-corrected chi connectivity index (χ0v) is 9.67. The van der Waals surface area contributed by atoms with Gasteiger partial charge in [-0.2, -0.15) is 0 Å². The summed E-state index contributed by atoms with van der Waals surface area (Å²) >= 11 is 0. The fraction of sp³-hybridized carbons (Fsp3) is 0.818. The summed E-state index contributed by atoms with van der Waals surface area (Å²) in [4.78, 5) is 11.1. The molecule has 2 aliphatic carbocycles. The molecule has 0 aliphatic heterocycles. The molecule has 1 aromatic rings. The van der Waals surface area contributed by atoms with Crippen LogP contribution in [0.4, 0.5) is 0 Å². The molecule has 0 atom stereocenters. The number of carboxylic acid groups (broad SMARTS) is 1. The van der Waals surface area contributed by atoms with Crippen molar-refractivity contribution in [2.75, 3.05) is 0 Å². The first-order valence-electron chi connectivity index (χ1n) is 6.18. The predicted octanol–water partition coefficient (Wildman–Crippen LogP) is 0.880. The van der Waals surface area contributed by atoms with Crippen LogP contribution >= 0.6 is 0 Å². The lowest BCUT2D eigenvalue weighted by atomic mass is 9.83. The fourth-order valence-corrected chi connectivity index (χ4v) is 2.32. The van der Waals surface area contributed by atoms with E-state index in [4.69, 9.17) is 5.11 Å². The minimum absolute atomic E-state index is 0.428. The van der Waals surface area contributed by atoms with Crippen molar-refractivity contribution in [1.82, 2.24) is 20.2 Å². The first kappa shape index (κ1) is 10.7. The molecule has 6 heteroatoms. The van der Waals surface area contributed by atoms with Gasteiger partial charge in [0.1, 0.15) is 0 Å². The largest absolute Gasteiger partial charge is 0.481 e. The Kier molecular flexibility index (Phi) is 2.38. The van der Waals surface area contributed by atoms with Crippen molar-refractivity contribution >= 4 is 5.97 Å². The van der Waals surface area contributed by atoms with Crippen molar-refractivity contribution in [3.05, 3.63) is 5.82 Å². The highest BCUT2D eigenvalue weighted by atomic mass is 16.4. The normalized spacial score (nSPS) is 22.1. The van der Waals surface area contributed by atoms with Gasteiger partial charge in [0, 0.05) is 6.42 Å². The van der Waals surface area contributed by atoms with E-state index in [0.717, 1.165) is 25.1 Å². The van der Waals surface area contributed by atoms with E-state index in [1.54, 1.807) is 4.68 Å². The van der Waals surface area contributed by atoms with Crippen molar-refractivity contribution in [3.63, 3.8) is 0 Å². The van der Waals surface area contributed by atoms with Crippen LogP contribution in [0.25, 0.3) is 0 Å². The van der Waals surface area contributed by atoms with Crippen LogP contribution < -0.4 is 0 Å². The lowest BCUT2D eigenvalue weighted by molar-refractivity contribution is -0.144. The molecule has 0 bridgehead atoms. The Morgan fingerprint density at radius 2 is 2.24 bits per heavy atom. The van der Waals surface area contributed by atoms with Crippen molar-refractivity contribution in [1.29, 1.82) is 0 Å². The Hall–Kier alpha value is -1.46. The summed E-state index contributed by atoms with van der Waals surface area (Å²) in [6, 6.07) is 0. The summed E-state index contributed by atoms with van der Waals surface area (Å²) in [5.41, 5.74) is -0.594. The number of carboxylic acids is 1. The smallest absolute Gasteiger partial charge is 0.311 e. The summed E-state index contributed by atoms with van der Waals surface area (Å²) in [6.45, 7) is 0.428. The molecular weight excluding hydrogens is 220 g/mol. The number of hydrogen-bond acceptors (Lipinski definition) is 4. The lowest BCUT2D eigenvalue weighted by Crippen LogP contribution is -2.25. The van der Waals surface area contributed by atoms with Crippen LogP contribution in [0.2, 0.25) is 0 Å². The number of hydrogen-bond donors (Lipinski definition) is 1. The molecule has 0 radical (unpaired) electrons. The molecule has 2 saturated carbocycles. The van der Waals surface area contributed by atoms with Gasteiger partial charge in [0.15, 0.2) is 5.82 Å². The van der Waals surface area contributed by atoms with Gasteiger partial charge >= 0.3 is 5.97 Å². The van der Waals surface area contributed by atoms with Crippen LogP contribution in [0.5, 0.6) is 0 Å². The van der Waals surface area contributed by atoms with Crippen LogP contribution in [0.15, 0.2) is 0 Å². The third kappa shape index (κ3) is 1.92. The predicted molar refractivity (Wildman–Crippen MR) is 58.2 cm³/mol. The topological polar surface area (TPSA) is 80.9 Å².